The molecule has 1 aromatic rings. The lowest BCUT2D eigenvalue weighted by atomic mass is 9.60. The molecule has 0 saturated carbocycles. The largest absolute Gasteiger partial charge is 0.496 e. The third-order valence-corrected chi connectivity index (χ3v) is 4.69. The normalized spacial score (nSPS) is 17.9. The van der Waals surface area contributed by atoms with E-state index in [0.717, 1.165) is 25.4 Å². The molecule has 1 aliphatic rings. The fraction of sp³-hybridized carbons (Fsp3) is 0.625. The highest BCUT2D eigenvalue weighted by molar-refractivity contribution is 5.45. The van der Waals surface area contributed by atoms with Crippen LogP contribution in [-0.2, 0) is 16.6 Å². The van der Waals surface area contributed by atoms with Gasteiger partial charge in [0.05, 0.1) is 25.7 Å². The van der Waals surface area contributed by atoms with Crippen molar-refractivity contribution in [2.45, 2.75) is 32.6 Å². The Bertz CT molecular complexity index is 450. The lowest BCUT2D eigenvalue weighted by Crippen LogP contribution is -2.59. The van der Waals surface area contributed by atoms with E-state index in [-0.39, 0.29) is 10.8 Å². The van der Waals surface area contributed by atoms with Crippen molar-refractivity contribution >= 4 is 0 Å². The van der Waals surface area contributed by atoms with Crippen molar-refractivity contribution in [2.24, 2.45) is 11.1 Å². The summed E-state index contributed by atoms with van der Waals surface area (Å²) in [4.78, 5) is 0. The van der Waals surface area contributed by atoms with Crippen molar-refractivity contribution in [2.75, 3.05) is 26.9 Å². The van der Waals surface area contributed by atoms with Crippen LogP contribution in [0.3, 0.4) is 0 Å². The van der Waals surface area contributed by atoms with Crippen LogP contribution >= 0.6 is 0 Å². The second-order valence-corrected chi connectivity index (χ2v) is 6.05. The summed E-state index contributed by atoms with van der Waals surface area (Å²) in [6.07, 6.45) is 1.02. The lowest BCUT2D eigenvalue weighted by molar-refractivity contribution is -0.117. The van der Waals surface area contributed by atoms with Gasteiger partial charge >= 0.3 is 0 Å². The van der Waals surface area contributed by atoms with Crippen LogP contribution in [0.4, 0.5) is 0 Å². The summed E-state index contributed by atoms with van der Waals surface area (Å²) >= 11 is 0. The summed E-state index contributed by atoms with van der Waals surface area (Å²) in [5.74, 6) is 0.946. The molecule has 3 heteroatoms. The van der Waals surface area contributed by atoms with E-state index in [1.807, 2.05) is 0 Å². The molecule has 0 unspecified atom stereocenters. The van der Waals surface area contributed by atoms with Gasteiger partial charge in [-0.2, -0.15) is 0 Å². The summed E-state index contributed by atoms with van der Waals surface area (Å²) in [5, 5.41) is 0. The number of hydrogen-bond acceptors (Lipinski definition) is 3. The van der Waals surface area contributed by atoms with Gasteiger partial charge in [-0.1, -0.05) is 32.9 Å². The summed E-state index contributed by atoms with van der Waals surface area (Å²) < 4.78 is 11.1. The fourth-order valence-corrected chi connectivity index (χ4v) is 2.76. The molecule has 1 aliphatic heterocycles. The van der Waals surface area contributed by atoms with E-state index in [1.54, 1.807) is 7.11 Å². The first-order valence-corrected chi connectivity index (χ1v) is 6.96. The Hall–Kier alpha value is -1.06. The average Bonchev–Trinajstić information content (AvgIpc) is 2.37. The van der Waals surface area contributed by atoms with E-state index in [1.165, 1.54) is 11.1 Å². The monoisotopic (exact) mass is 263 g/mol. The van der Waals surface area contributed by atoms with Crippen LogP contribution in [-0.4, -0.2) is 26.9 Å². The number of hydrogen-bond donors (Lipinski definition) is 1. The Labute approximate surface area is 116 Å². The summed E-state index contributed by atoms with van der Waals surface area (Å²) in [5.41, 5.74) is 8.54. The Morgan fingerprint density at radius 2 is 2.05 bits per heavy atom. The Morgan fingerprint density at radius 1 is 1.37 bits per heavy atom. The van der Waals surface area contributed by atoms with Crippen molar-refractivity contribution in [3.8, 4) is 5.75 Å². The molecule has 0 bridgehead atoms. The summed E-state index contributed by atoms with van der Waals surface area (Å²) in [6, 6.07) is 6.46. The van der Waals surface area contributed by atoms with Gasteiger partial charge in [0.2, 0.25) is 0 Å². The molecule has 0 aliphatic carbocycles. The first kappa shape index (κ1) is 14.4. The smallest absolute Gasteiger partial charge is 0.122 e. The van der Waals surface area contributed by atoms with Crippen molar-refractivity contribution in [1.29, 1.82) is 0 Å². The van der Waals surface area contributed by atoms with Crippen LogP contribution < -0.4 is 10.5 Å². The molecule has 2 rings (SSSR count). The minimum absolute atomic E-state index is 0.00903. The molecule has 0 aromatic heterocycles. The fourth-order valence-electron chi connectivity index (χ4n) is 2.76. The van der Waals surface area contributed by atoms with E-state index in [2.05, 4.69) is 39.0 Å². The molecule has 2 N–H and O–H groups in total. The minimum atomic E-state index is -0.0295. The van der Waals surface area contributed by atoms with Crippen molar-refractivity contribution in [3.63, 3.8) is 0 Å². The maximum absolute atomic E-state index is 6.00. The van der Waals surface area contributed by atoms with Crippen molar-refractivity contribution in [3.05, 3.63) is 29.3 Å². The van der Waals surface area contributed by atoms with Crippen LogP contribution in [0.25, 0.3) is 0 Å². The Morgan fingerprint density at radius 3 is 2.47 bits per heavy atom. The van der Waals surface area contributed by atoms with Gasteiger partial charge in [0.1, 0.15) is 5.75 Å². The van der Waals surface area contributed by atoms with Gasteiger partial charge in [0, 0.05) is 5.56 Å². The number of rotatable bonds is 5. The number of ether oxygens (including phenoxy) is 2. The van der Waals surface area contributed by atoms with Crippen LogP contribution in [0.15, 0.2) is 18.2 Å². The molecule has 1 fully saturated rings. The zero-order valence-corrected chi connectivity index (χ0v) is 12.5. The molecule has 1 saturated heterocycles. The zero-order valence-electron chi connectivity index (χ0n) is 12.5. The predicted molar refractivity (Wildman–Crippen MR) is 77.7 cm³/mol. The third-order valence-electron chi connectivity index (χ3n) is 4.69. The van der Waals surface area contributed by atoms with Crippen molar-refractivity contribution < 1.29 is 9.47 Å². The average molecular weight is 263 g/mol. The van der Waals surface area contributed by atoms with E-state index >= 15 is 0 Å². The molecule has 1 aromatic carbocycles. The van der Waals surface area contributed by atoms with Crippen molar-refractivity contribution in [1.82, 2.24) is 0 Å². The number of benzene rings is 1. The van der Waals surface area contributed by atoms with Gasteiger partial charge in [-0.15, -0.1) is 0 Å². The quantitative estimate of drug-likeness (QED) is 0.887. The van der Waals surface area contributed by atoms with E-state index in [9.17, 15) is 0 Å². The first-order chi connectivity index (χ1) is 9.00. The number of methoxy groups -OCH3 is 1. The van der Waals surface area contributed by atoms with Crippen LogP contribution in [0.2, 0.25) is 0 Å². The lowest BCUT2D eigenvalue weighted by Gasteiger charge is -2.52. The van der Waals surface area contributed by atoms with E-state index < -0.39 is 0 Å². The highest BCUT2D eigenvalue weighted by Gasteiger charge is 2.52. The molecule has 106 valence electrons. The standard InChI is InChI=1S/C16H25NO2/c1-5-12-6-7-14(18-4)13(8-12)16(10-19-11-16)15(2,3)9-17/h6-8H,5,9-11,17H2,1-4H3. The molecular formula is C16H25NO2. The third kappa shape index (κ3) is 2.15. The van der Waals surface area contributed by atoms with Gasteiger partial charge in [0.15, 0.2) is 0 Å². The highest BCUT2D eigenvalue weighted by Crippen LogP contribution is 2.49. The topological polar surface area (TPSA) is 44.5 Å². The summed E-state index contributed by atoms with van der Waals surface area (Å²) in [7, 11) is 1.73. The van der Waals surface area contributed by atoms with Crippen LogP contribution in [0, 0.1) is 5.41 Å². The van der Waals surface area contributed by atoms with Gasteiger partial charge in [0.25, 0.3) is 0 Å². The maximum Gasteiger partial charge on any atom is 0.122 e. The zero-order chi connectivity index (χ0) is 14.1. The minimum Gasteiger partial charge on any atom is -0.496 e. The van der Waals surface area contributed by atoms with E-state index in [0.29, 0.717) is 6.54 Å². The molecule has 0 atom stereocenters. The Balaban J connectivity index is 2.54. The maximum atomic E-state index is 6.00. The molecular weight excluding hydrogens is 238 g/mol. The number of nitrogens with two attached hydrogens (primary N) is 1. The molecule has 0 amide bonds. The molecule has 0 radical (unpaired) electrons. The Kier molecular flexibility index (Phi) is 3.88. The second kappa shape index (κ2) is 5.14. The SMILES string of the molecule is CCc1ccc(OC)c(C2(C(C)(C)CN)COC2)c1. The van der Waals surface area contributed by atoms with Gasteiger partial charge in [-0.3, -0.25) is 0 Å². The van der Waals surface area contributed by atoms with Crippen LogP contribution in [0.1, 0.15) is 31.9 Å². The van der Waals surface area contributed by atoms with Gasteiger partial charge in [-0.05, 0) is 30.0 Å². The number of aryl methyl sites for hydroxylation is 1. The van der Waals surface area contributed by atoms with Gasteiger partial charge in [-0.25, -0.2) is 0 Å². The predicted octanol–water partition coefficient (Wildman–Crippen LogP) is 2.51. The highest BCUT2D eigenvalue weighted by atomic mass is 16.5. The molecule has 1 heterocycles. The van der Waals surface area contributed by atoms with Gasteiger partial charge < -0.3 is 15.2 Å². The second-order valence-electron chi connectivity index (χ2n) is 6.05. The molecule has 0 spiro atoms. The molecule has 19 heavy (non-hydrogen) atoms. The molecule has 3 nitrogen and oxygen atoms in total. The summed E-state index contributed by atoms with van der Waals surface area (Å²) in [6.45, 7) is 8.68. The van der Waals surface area contributed by atoms with Crippen LogP contribution in [0.5, 0.6) is 5.75 Å². The first-order valence-electron chi connectivity index (χ1n) is 6.96. The van der Waals surface area contributed by atoms with E-state index in [4.69, 9.17) is 15.2 Å².